The minimum absolute atomic E-state index is 0.0735. The van der Waals surface area contributed by atoms with Gasteiger partial charge in [-0.15, -0.1) is 0 Å². The van der Waals surface area contributed by atoms with Gasteiger partial charge in [0.2, 0.25) is 0 Å². The molecule has 0 bridgehead atoms. The van der Waals surface area contributed by atoms with Crippen LogP contribution in [0.4, 0.5) is 0 Å². The molecule has 0 radical (unpaired) electrons. The first-order chi connectivity index (χ1) is 12.5. The van der Waals surface area contributed by atoms with E-state index < -0.39 is 0 Å². The fourth-order valence-electron chi connectivity index (χ4n) is 4.41. The maximum Gasteiger partial charge on any atom is 0.309 e. The molecule has 0 amide bonds. The summed E-state index contributed by atoms with van der Waals surface area (Å²) in [4.78, 5) is 24.5. The van der Waals surface area contributed by atoms with Crippen LogP contribution in [0.25, 0.3) is 0 Å². The lowest BCUT2D eigenvalue weighted by Crippen LogP contribution is -2.34. The van der Waals surface area contributed by atoms with Gasteiger partial charge in [0.1, 0.15) is 12.2 Å². The first-order valence-electron chi connectivity index (χ1n) is 10.3. The molecule has 3 saturated carbocycles. The molecule has 0 unspecified atom stereocenters. The van der Waals surface area contributed by atoms with Gasteiger partial charge in [-0.05, 0) is 77.0 Å². The monoisotopic (exact) mass is 368 g/mol. The number of aliphatic hydroxyl groups excluding tert-OH is 2. The van der Waals surface area contributed by atoms with Crippen molar-refractivity contribution in [2.75, 3.05) is 0 Å². The largest absolute Gasteiger partial charge is 0.462 e. The zero-order valence-electron chi connectivity index (χ0n) is 15.5. The van der Waals surface area contributed by atoms with Crippen molar-refractivity contribution in [1.82, 2.24) is 0 Å². The van der Waals surface area contributed by atoms with Crippen LogP contribution >= 0.6 is 0 Å². The smallest absolute Gasteiger partial charge is 0.309 e. The standard InChI is InChI=1S/C20H32O6/c21-15-5-1-13(2-6-15)19(23)25-17-9-11-18(12-10-17)26-20(24)14-3-7-16(22)8-4-14/h13-18,21-22H,1-12H2. The molecule has 0 aromatic rings. The summed E-state index contributed by atoms with van der Waals surface area (Å²) in [6.07, 6.45) is 7.84. The number of hydrogen-bond donors (Lipinski definition) is 2. The summed E-state index contributed by atoms with van der Waals surface area (Å²) in [5.74, 6) is -0.401. The molecule has 0 aromatic carbocycles. The van der Waals surface area contributed by atoms with Crippen molar-refractivity contribution in [3.63, 3.8) is 0 Å². The van der Waals surface area contributed by atoms with Gasteiger partial charge in [0.05, 0.1) is 24.0 Å². The van der Waals surface area contributed by atoms with E-state index >= 15 is 0 Å². The fraction of sp³-hybridized carbons (Fsp3) is 0.900. The van der Waals surface area contributed by atoms with Crippen LogP contribution in [0.1, 0.15) is 77.0 Å². The van der Waals surface area contributed by atoms with Crippen LogP contribution < -0.4 is 0 Å². The number of ether oxygens (including phenoxy) is 2. The Morgan fingerprint density at radius 2 is 0.846 bits per heavy atom. The number of carbonyl (C=O) groups excluding carboxylic acids is 2. The lowest BCUT2D eigenvalue weighted by molar-refractivity contribution is -0.165. The Bertz CT molecular complexity index is 425. The van der Waals surface area contributed by atoms with Gasteiger partial charge in [-0.1, -0.05) is 0 Å². The van der Waals surface area contributed by atoms with E-state index in [-0.39, 0.29) is 48.2 Å². The molecule has 0 heterocycles. The van der Waals surface area contributed by atoms with Crippen molar-refractivity contribution in [2.45, 2.75) is 101 Å². The molecule has 0 saturated heterocycles. The van der Waals surface area contributed by atoms with Gasteiger partial charge < -0.3 is 19.7 Å². The Labute approximate surface area is 155 Å². The zero-order valence-corrected chi connectivity index (χ0v) is 15.5. The molecule has 6 nitrogen and oxygen atoms in total. The molecule has 26 heavy (non-hydrogen) atoms. The third-order valence-electron chi connectivity index (χ3n) is 6.25. The highest BCUT2D eigenvalue weighted by atomic mass is 16.6. The van der Waals surface area contributed by atoms with E-state index in [0.29, 0.717) is 51.4 Å². The van der Waals surface area contributed by atoms with Gasteiger partial charge in [-0.2, -0.15) is 0 Å². The third-order valence-corrected chi connectivity index (χ3v) is 6.25. The van der Waals surface area contributed by atoms with E-state index in [2.05, 4.69) is 0 Å². The van der Waals surface area contributed by atoms with Crippen molar-refractivity contribution < 1.29 is 29.3 Å². The molecule has 6 heteroatoms. The lowest BCUT2D eigenvalue weighted by Gasteiger charge is -2.32. The van der Waals surface area contributed by atoms with Gasteiger partial charge in [0.25, 0.3) is 0 Å². The fourth-order valence-corrected chi connectivity index (χ4v) is 4.41. The predicted molar refractivity (Wildman–Crippen MR) is 94.2 cm³/mol. The van der Waals surface area contributed by atoms with Crippen LogP contribution in [0.15, 0.2) is 0 Å². The quantitative estimate of drug-likeness (QED) is 0.741. The summed E-state index contributed by atoms with van der Waals surface area (Å²) >= 11 is 0. The van der Waals surface area contributed by atoms with Gasteiger partial charge >= 0.3 is 11.9 Å². The highest BCUT2D eigenvalue weighted by Crippen LogP contribution is 2.30. The minimum atomic E-state index is -0.267. The number of hydrogen-bond acceptors (Lipinski definition) is 6. The second-order valence-corrected chi connectivity index (χ2v) is 8.28. The van der Waals surface area contributed by atoms with E-state index in [1.54, 1.807) is 0 Å². The Kier molecular flexibility index (Phi) is 6.92. The molecule has 0 aliphatic heterocycles. The molecule has 148 valence electrons. The molecule has 3 rings (SSSR count). The Hall–Kier alpha value is -1.14. The summed E-state index contributed by atoms with van der Waals surface area (Å²) in [5.41, 5.74) is 0. The maximum absolute atomic E-state index is 12.3. The summed E-state index contributed by atoms with van der Waals surface area (Å²) in [7, 11) is 0. The SMILES string of the molecule is O=C(OC1CCC(OC(=O)C2CCC(O)CC2)CC1)C1CCC(O)CC1. The Morgan fingerprint density at radius 1 is 0.538 bits per heavy atom. The van der Waals surface area contributed by atoms with Crippen molar-refractivity contribution >= 4 is 11.9 Å². The number of aliphatic hydroxyl groups is 2. The molecule has 0 spiro atoms. The average Bonchev–Trinajstić information content (AvgIpc) is 2.64. The second kappa shape index (κ2) is 9.18. The summed E-state index contributed by atoms with van der Waals surface area (Å²) in [6.45, 7) is 0. The summed E-state index contributed by atoms with van der Waals surface area (Å²) in [6, 6.07) is 0. The Morgan fingerprint density at radius 3 is 1.15 bits per heavy atom. The van der Waals surface area contributed by atoms with Crippen molar-refractivity contribution in [3.05, 3.63) is 0 Å². The first kappa shape index (κ1) is 19.6. The highest BCUT2D eigenvalue weighted by Gasteiger charge is 2.33. The highest BCUT2D eigenvalue weighted by molar-refractivity contribution is 5.73. The maximum atomic E-state index is 12.3. The van der Waals surface area contributed by atoms with E-state index in [9.17, 15) is 19.8 Å². The van der Waals surface area contributed by atoms with Crippen molar-refractivity contribution in [3.8, 4) is 0 Å². The average molecular weight is 368 g/mol. The molecule has 3 aliphatic rings. The summed E-state index contributed by atoms with van der Waals surface area (Å²) in [5, 5.41) is 19.1. The van der Waals surface area contributed by atoms with Gasteiger partial charge in [-0.25, -0.2) is 0 Å². The normalized spacial score (nSPS) is 38.4. The molecular formula is C20H32O6. The molecular weight excluding hydrogens is 336 g/mol. The third kappa shape index (κ3) is 5.43. The van der Waals surface area contributed by atoms with Crippen molar-refractivity contribution in [1.29, 1.82) is 0 Å². The van der Waals surface area contributed by atoms with E-state index in [1.165, 1.54) is 0 Å². The minimum Gasteiger partial charge on any atom is -0.462 e. The van der Waals surface area contributed by atoms with Gasteiger partial charge in [0.15, 0.2) is 0 Å². The van der Waals surface area contributed by atoms with Crippen LogP contribution in [-0.4, -0.2) is 46.6 Å². The molecule has 3 fully saturated rings. The molecule has 2 N–H and O–H groups in total. The number of esters is 2. The second-order valence-electron chi connectivity index (χ2n) is 8.28. The molecule has 0 aromatic heterocycles. The lowest BCUT2D eigenvalue weighted by atomic mass is 9.87. The topological polar surface area (TPSA) is 93.1 Å². The van der Waals surface area contributed by atoms with Crippen LogP contribution in [0.5, 0.6) is 0 Å². The zero-order chi connectivity index (χ0) is 18.5. The number of rotatable bonds is 4. The number of carbonyl (C=O) groups is 2. The van der Waals surface area contributed by atoms with E-state index in [1.807, 2.05) is 0 Å². The molecule has 0 atom stereocenters. The Balaban J connectivity index is 1.35. The van der Waals surface area contributed by atoms with Crippen molar-refractivity contribution in [2.24, 2.45) is 11.8 Å². The van der Waals surface area contributed by atoms with Gasteiger partial charge in [-0.3, -0.25) is 9.59 Å². The van der Waals surface area contributed by atoms with Crippen LogP contribution in [0.2, 0.25) is 0 Å². The van der Waals surface area contributed by atoms with E-state index in [0.717, 1.165) is 25.7 Å². The van der Waals surface area contributed by atoms with Crippen LogP contribution in [-0.2, 0) is 19.1 Å². The van der Waals surface area contributed by atoms with Crippen LogP contribution in [0, 0.1) is 11.8 Å². The van der Waals surface area contributed by atoms with Gasteiger partial charge in [0, 0.05) is 0 Å². The van der Waals surface area contributed by atoms with Crippen LogP contribution in [0.3, 0.4) is 0 Å². The first-order valence-corrected chi connectivity index (χ1v) is 10.3. The predicted octanol–water partition coefficient (Wildman–Crippen LogP) is 2.49. The summed E-state index contributed by atoms with van der Waals surface area (Å²) < 4.78 is 11.3. The molecule has 3 aliphatic carbocycles. The van der Waals surface area contributed by atoms with E-state index in [4.69, 9.17) is 9.47 Å².